The van der Waals surface area contributed by atoms with Gasteiger partial charge >= 0.3 is 0 Å². The fourth-order valence-electron chi connectivity index (χ4n) is 1.42. The Labute approximate surface area is 121 Å². The van der Waals surface area contributed by atoms with Crippen molar-refractivity contribution in [3.05, 3.63) is 30.1 Å². The van der Waals surface area contributed by atoms with Crippen LogP contribution in [0.5, 0.6) is 0 Å². The standard InChI is InChI=1S/C12H19N3O.2ClH/c1-9(8-13)12(16)15-10(2)7-11-3-5-14-6-4-11;;/h3-6,9-10H,7-8,13H2,1-2H3,(H,15,16);2*1H. The van der Waals surface area contributed by atoms with Gasteiger partial charge in [0.1, 0.15) is 0 Å². The van der Waals surface area contributed by atoms with Gasteiger partial charge in [-0.25, -0.2) is 0 Å². The zero-order chi connectivity index (χ0) is 12.0. The minimum absolute atomic E-state index is 0. The van der Waals surface area contributed by atoms with E-state index >= 15 is 0 Å². The van der Waals surface area contributed by atoms with E-state index in [-0.39, 0.29) is 42.7 Å². The van der Waals surface area contributed by atoms with Crippen LogP contribution in [0.3, 0.4) is 0 Å². The Balaban J connectivity index is 0. The lowest BCUT2D eigenvalue weighted by atomic mass is 10.1. The molecule has 2 atom stereocenters. The first-order valence-electron chi connectivity index (χ1n) is 5.52. The van der Waals surface area contributed by atoms with Crippen LogP contribution in [0.15, 0.2) is 24.5 Å². The second-order valence-electron chi connectivity index (χ2n) is 4.11. The quantitative estimate of drug-likeness (QED) is 0.866. The summed E-state index contributed by atoms with van der Waals surface area (Å²) >= 11 is 0. The summed E-state index contributed by atoms with van der Waals surface area (Å²) in [5.41, 5.74) is 6.60. The minimum atomic E-state index is -0.125. The van der Waals surface area contributed by atoms with Crippen LogP contribution in [0.1, 0.15) is 19.4 Å². The molecule has 18 heavy (non-hydrogen) atoms. The SMILES string of the molecule is CC(Cc1ccncc1)NC(=O)C(C)CN.Cl.Cl. The minimum Gasteiger partial charge on any atom is -0.353 e. The molecule has 6 heteroatoms. The van der Waals surface area contributed by atoms with Gasteiger partial charge in [-0.2, -0.15) is 0 Å². The Bertz CT molecular complexity index is 335. The van der Waals surface area contributed by atoms with Crippen molar-refractivity contribution in [2.24, 2.45) is 11.7 Å². The van der Waals surface area contributed by atoms with Gasteiger partial charge in [-0.1, -0.05) is 6.92 Å². The highest BCUT2D eigenvalue weighted by Crippen LogP contribution is 2.02. The summed E-state index contributed by atoms with van der Waals surface area (Å²) in [6.07, 6.45) is 4.32. The zero-order valence-corrected chi connectivity index (χ0v) is 12.3. The number of nitrogens with one attached hydrogen (secondary N) is 1. The van der Waals surface area contributed by atoms with Crippen LogP contribution in [-0.4, -0.2) is 23.5 Å². The van der Waals surface area contributed by atoms with Gasteiger partial charge in [0.05, 0.1) is 0 Å². The molecule has 104 valence electrons. The highest BCUT2D eigenvalue weighted by atomic mass is 35.5. The normalized spacial score (nSPS) is 12.6. The van der Waals surface area contributed by atoms with E-state index in [4.69, 9.17) is 5.73 Å². The van der Waals surface area contributed by atoms with Crippen molar-refractivity contribution < 1.29 is 4.79 Å². The number of pyridine rings is 1. The van der Waals surface area contributed by atoms with Gasteiger partial charge in [-0.3, -0.25) is 9.78 Å². The topological polar surface area (TPSA) is 68.0 Å². The molecule has 1 rings (SSSR count). The van der Waals surface area contributed by atoms with E-state index in [0.29, 0.717) is 6.54 Å². The fourth-order valence-corrected chi connectivity index (χ4v) is 1.42. The molecule has 4 nitrogen and oxygen atoms in total. The molecule has 1 aromatic heterocycles. The molecule has 0 saturated heterocycles. The van der Waals surface area contributed by atoms with Gasteiger partial charge in [0.25, 0.3) is 0 Å². The molecule has 0 fully saturated rings. The van der Waals surface area contributed by atoms with Crippen LogP contribution in [0.25, 0.3) is 0 Å². The van der Waals surface area contributed by atoms with Crippen LogP contribution >= 0.6 is 24.8 Å². The van der Waals surface area contributed by atoms with Crippen molar-refractivity contribution in [1.82, 2.24) is 10.3 Å². The van der Waals surface area contributed by atoms with Crippen molar-refractivity contribution in [2.45, 2.75) is 26.3 Å². The molecule has 0 aliphatic rings. The third-order valence-electron chi connectivity index (χ3n) is 2.48. The molecule has 1 heterocycles. The number of hydrogen-bond acceptors (Lipinski definition) is 3. The second-order valence-corrected chi connectivity index (χ2v) is 4.11. The molecule has 1 aromatic rings. The van der Waals surface area contributed by atoms with Gasteiger partial charge in [0.2, 0.25) is 5.91 Å². The van der Waals surface area contributed by atoms with E-state index in [1.54, 1.807) is 12.4 Å². The molecule has 0 spiro atoms. The summed E-state index contributed by atoms with van der Waals surface area (Å²) in [4.78, 5) is 15.5. The van der Waals surface area contributed by atoms with Crippen LogP contribution in [0.4, 0.5) is 0 Å². The van der Waals surface area contributed by atoms with Crippen LogP contribution < -0.4 is 11.1 Å². The zero-order valence-electron chi connectivity index (χ0n) is 10.6. The average Bonchev–Trinajstić information content (AvgIpc) is 2.29. The number of carbonyl (C=O) groups is 1. The molecule has 0 saturated carbocycles. The highest BCUT2D eigenvalue weighted by Gasteiger charge is 2.13. The lowest BCUT2D eigenvalue weighted by Crippen LogP contribution is -2.39. The lowest BCUT2D eigenvalue weighted by molar-refractivity contribution is -0.124. The number of carbonyl (C=O) groups excluding carboxylic acids is 1. The van der Waals surface area contributed by atoms with E-state index in [1.165, 1.54) is 5.56 Å². The summed E-state index contributed by atoms with van der Waals surface area (Å²) in [7, 11) is 0. The van der Waals surface area contributed by atoms with E-state index in [0.717, 1.165) is 6.42 Å². The molecule has 0 bridgehead atoms. The number of nitrogens with two attached hydrogens (primary N) is 1. The summed E-state index contributed by atoms with van der Waals surface area (Å²) in [6.45, 7) is 4.20. The summed E-state index contributed by atoms with van der Waals surface area (Å²) < 4.78 is 0. The monoisotopic (exact) mass is 293 g/mol. The van der Waals surface area contributed by atoms with Gasteiger partial charge in [0, 0.05) is 30.9 Å². The predicted octanol–water partition coefficient (Wildman–Crippen LogP) is 1.57. The molecule has 0 radical (unpaired) electrons. The van der Waals surface area contributed by atoms with E-state index in [9.17, 15) is 4.79 Å². The maximum atomic E-state index is 11.6. The molecule has 2 unspecified atom stereocenters. The van der Waals surface area contributed by atoms with Crippen molar-refractivity contribution in [3.63, 3.8) is 0 Å². The van der Waals surface area contributed by atoms with E-state index in [2.05, 4.69) is 10.3 Å². The Kier molecular flexibility index (Phi) is 11.0. The third kappa shape index (κ3) is 6.79. The maximum Gasteiger partial charge on any atom is 0.224 e. The third-order valence-corrected chi connectivity index (χ3v) is 2.48. The first kappa shape index (κ1) is 19.5. The second kappa shape index (κ2) is 10.1. The van der Waals surface area contributed by atoms with Gasteiger partial charge in [-0.05, 0) is 31.0 Å². The van der Waals surface area contributed by atoms with Crippen molar-refractivity contribution in [3.8, 4) is 0 Å². The lowest BCUT2D eigenvalue weighted by Gasteiger charge is -2.16. The average molecular weight is 294 g/mol. The number of hydrogen-bond donors (Lipinski definition) is 2. The maximum absolute atomic E-state index is 11.6. The van der Waals surface area contributed by atoms with Gasteiger partial charge in [0.15, 0.2) is 0 Å². The highest BCUT2D eigenvalue weighted by molar-refractivity contribution is 5.85. The number of nitrogens with zero attached hydrogens (tertiary/aromatic N) is 1. The van der Waals surface area contributed by atoms with Crippen LogP contribution in [-0.2, 0) is 11.2 Å². The first-order valence-corrected chi connectivity index (χ1v) is 5.52. The van der Waals surface area contributed by atoms with Crippen LogP contribution in [0, 0.1) is 5.92 Å². The molecule has 1 amide bonds. The Morgan fingerprint density at radius 1 is 1.33 bits per heavy atom. The first-order chi connectivity index (χ1) is 7.63. The Morgan fingerprint density at radius 2 is 1.89 bits per heavy atom. The molecular weight excluding hydrogens is 273 g/mol. The van der Waals surface area contributed by atoms with Crippen LogP contribution in [0.2, 0.25) is 0 Å². The molecule has 3 N–H and O–H groups in total. The fraction of sp³-hybridized carbons (Fsp3) is 0.500. The van der Waals surface area contributed by atoms with Crippen molar-refractivity contribution >= 4 is 30.7 Å². The molecule has 0 aliphatic heterocycles. The summed E-state index contributed by atoms with van der Waals surface area (Å²) in [5.74, 6) is -0.107. The van der Waals surface area contributed by atoms with Gasteiger partial charge in [-0.15, -0.1) is 24.8 Å². The summed E-state index contributed by atoms with van der Waals surface area (Å²) in [5, 5.41) is 2.94. The molecule has 0 aliphatic carbocycles. The Morgan fingerprint density at radius 3 is 2.39 bits per heavy atom. The predicted molar refractivity (Wildman–Crippen MR) is 78.3 cm³/mol. The largest absolute Gasteiger partial charge is 0.353 e. The number of amides is 1. The van der Waals surface area contributed by atoms with E-state index in [1.807, 2.05) is 26.0 Å². The number of aromatic nitrogens is 1. The van der Waals surface area contributed by atoms with Crippen molar-refractivity contribution in [2.75, 3.05) is 6.54 Å². The number of halogens is 2. The van der Waals surface area contributed by atoms with Gasteiger partial charge < -0.3 is 11.1 Å². The number of rotatable bonds is 5. The molecular formula is C12H21Cl2N3O. The molecule has 0 aromatic carbocycles. The Hall–Kier alpha value is -0.840. The smallest absolute Gasteiger partial charge is 0.224 e. The van der Waals surface area contributed by atoms with Crippen molar-refractivity contribution in [1.29, 1.82) is 0 Å². The van der Waals surface area contributed by atoms with E-state index < -0.39 is 0 Å². The summed E-state index contributed by atoms with van der Waals surface area (Å²) in [6, 6.07) is 4.02.